The van der Waals surface area contributed by atoms with Crippen molar-refractivity contribution in [1.29, 1.82) is 0 Å². The molecule has 1 aliphatic rings. The molecular weight excluding hydrogens is 266 g/mol. The highest BCUT2D eigenvalue weighted by atomic mass is 32.2. The second kappa shape index (κ2) is 3.93. The van der Waals surface area contributed by atoms with Crippen molar-refractivity contribution in [2.24, 2.45) is 5.92 Å². The summed E-state index contributed by atoms with van der Waals surface area (Å²) in [7, 11) is -3.68. The summed E-state index contributed by atoms with van der Waals surface area (Å²) in [6.07, 6.45) is 0.794. The highest BCUT2D eigenvalue weighted by Gasteiger charge is 2.37. The van der Waals surface area contributed by atoms with Crippen molar-refractivity contribution in [3.63, 3.8) is 0 Å². The van der Waals surface area contributed by atoms with Gasteiger partial charge in [-0.15, -0.1) is 0 Å². The van der Waals surface area contributed by atoms with Crippen molar-refractivity contribution < 1.29 is 13.3 Å². The Balaban J connectivity index is 2.27. The van der Waals surface area contributed by atoms with E-state index in [9.17, 15) is 18.5 Å². The molecule has 1 aliphatic carbocycles. The van der Waals surface area contributed by atoms with Crippen LogP contribution in [0.1, 0.15) is 13.3 Å². The summed E-state index contributed by atoms with van der Waals surface area (Å²) in [4.78, 5) is 9.88. The van der Waals surface area contributed by atoms with Gasteiger partial charge in [-0.2, -0.15) is 0 Å². The van der Waals surface area contributed by atoms with Gasteiger partial charge in [0.05, 0.1) is 4.92 Å². The second-order valence-corrected chi connectivity index (χ2v) is 7.04. The van der Waals surface area contributed by atoms with Crippen LogP contribution in [-0.4, -0.2) is 19.4 Å². The molecule has 17 heavy (non-hydrogen) atoms. The predicted octanol–water partition coefficient (Wildman–Crippen LogP) is 0.925. The summed E-state index contributed by atoms with van der Waals surface area (Å²) >= 11 is 0.706. The van der Waals surface area contributed by atoms with Gasteiger partial charge < -0.3 is 5.73 Å². The third kappa shape index (κ3) is 2.40. The summed E-state index contributed by atoms with van der Waals surface area (Å²) in [5.74, 6) is 0.317. The molecule has 0 saturated heterocycles. The number of nitrogen functional groups attached to an aromatic ring is 1. The number of hydrogen-bond acceptors (Lipinski definition) is 6. The van der Waals surface area contributed by atoms with Crippen LogP contribution in [0.5, 0.6) is 0 Å². The van der Waals surface area contributed by atoms with Gasteiger partial charge in [-0.1, -0.05) is 18.3 Å². The molecule has 2 unspecified atom stereocenters. The van der Waals surface area contributed by atoms with Gasteiger partial charge in [0.25, 0.3) is 10.0 Å². The fraction of sp³-hybridized carbons (Fsp3) is 0.500. The van der Waals surface area contributed by atoms with Crippen LogP contribution in [0, 0.1) is 16.0 Å². The molecule has 0 radical (unpaired) electrons. The molecule has 2 atom stereocenters. The average Bonchev–Trinajstić information content (AvgIpc) is 2.74. The van der Waals surface area contributed by atoms with E-state index in [1.807, 2.05) is 6.92 Å². The third-order valence-electron chi connectivity index (χ3n) is 2.60. The summed E-state index contributed by atoms with van der Waals surface area (Å²) in [6.45, 7) is 1.93. The number of anilines is 1. The van der Waals surface area contributed by atoms with E-state index in [1.165, 1.54) is 0 Å². The van der Waals surface area contributed by atoms with E-state index >= 15 is 0 Å². The largest absolute Gasteiger partial charge is 0.385 e. The second-order valence-electron chi connectivity index (χ2n) is 4.01. The lowest BCUT2D eigenvalue weighted by molar-refractivity contribution is -0.383. The lowest BCUT2D eigenvalue weighted by Gasteiger charge is -2.01. The van der Waals surface area contributed by atoms with Crippen LogP contribution in [0.4, 0.5) is 10.7 Å². The Kier molecular flexibility index (Phi) is 2.84. The Hall–Kier alpha value is -1.19. The van der Waals surface area contributed by atoms with Gasteiger partial charge in [0, 0.05) is 12.1 Å². The van der Waals surface area contributed by atoms with Crippen molar-refractivity contribution in [3.05, 3.63) is 16.2 Å². The van der Waals surface area contributed by atoms with Crippen molar-refractivity contribution in [2.45, 2.75) is 23.6 Å². The number of sulfonamides is 1. The molecule has 1 aromatic rings. The number of nitrogens with zero attached hydrogens (tertiary/aromatic N) is 1. The maximum absolute atomic E-state index is 11.8. The van der Waals surface area contributed by atoms with E-state index in [0.717, 1.165) is 12.5 Å². The summed E-state index contributed by atoms with van der Waals surface area (Å²) in [6, 6.07) is 0.928. The molecule has 0 spiro atoms. The van der Waals surface area contributed by atoms with Gasteiger partial charge in [-0.25, -0.2) is 13.1 Å². The molecule has 0 aromatic carbocycles. The number of thiophene rings is 1. The minimum Gasteiger partial charge on any atom is -0.385 e. The SMILES string of the molecule is CC1CC1NS(=O)(=O)c1cc([N+](=O)[O-])c(N)s1. The van der Waals surface area contributed by atoms with E-state index in [4.69, 9.17) is 5.73 Å². The van der Waals surface area contributed by atoms with E-state index in [-0.39, 0.29) is 20.9 Å². The van der Waals surface area contributed by atoms with Crippen molar-refractivity contribution in [3.8, 4) is 0 Å². The third-order valence-corrected chi connectivity index (χ3v) is 5.51. The van der Waals surface area contributed by atoms with Crippen LogP contribution in [0.3, 0.4) is 0 Å². The van der Waals surface area contributed by atoms with Crippen LogP contribution < -0.4 is 10.5 Å². The van der Waals surface area contributed by atoms with Gasteiger partial charge >= 0.3 is 5.69 Å². The maximum Gasteiger partial charge on any atom is 0.304 e. The van der Waals surface area contributed by atoms with Crippen LogP contribution >= 0.6 is 11.3 Å². The molecule has 7 nitrogen and oxygen atoms in total. The lowest BCUT2D eigenvalue weighted by Crippen LogP contribution is -2.26. The minimum atomic E-state index is -3.68. The summed E-state index contributed by atoms with van der Waals surface area (Å²) < 4.78 is 26.0. The lowest BCUT2D eigenvalue weighted by atomic mass is 10.5. The first kappa shape index (κ1) is 12.3. The number of rotatable bonds is 4. The van der Waals surface area contributed by atoms with Gasteiger partial charge in [0.15, 0.2) is 5.00 Å². The number of nitrogens with one attached hydrogen (secondary N) is 1. The molecule has 1 saturated carbocycles. The molecule has 0 bridgehead atoms. The van der Waals surface area contributed by atoms with Gasteiger partial charge in [-0.05, 0) is 12.3 Å². The first-order valence-electron chi connectivity index (χ1n) is 4.87. The standard InChI is InChI=1S/C8H11N3O4S2/c1-4-2-5(4)10-17(14,15)7-3-6(11(12)13)8(9)16-7/h3-5,10H,2,9H2,1H3. The molecule has 1 fully saturated rings. The molecule has 1 aromatic heterocycles. The maximum atomic E-state index is 11.8. The minimum absolute atomic E-state index is 0.0672. The monoisotopic (exact) mass is 277 g/mol. The predicted molar refractivity (Wildman–Crippen MR) is 63.3 cm³/mol. The molecule has 1 heterocycles. The van der Waals surface area contributed by atoms with Crippen molar-refractivity contribution in [2.75, 3.05) is 5.73 Å². The number of nitro groups is 1. The van der Waals surface area contributed by atoms with Crippen LogP contribution in [0.15, 0.2) is 10.3 Å². The fourth-order valence-corrected chi connectivity index (χ4v) is 3.98. The Morgan fingerprint density at radius 2 is 2.24 bits per heavy atom. The van der Waals surface area contributed by atoms with E-state index < -0.39 is 14.9 Å². The zero-order chi connectivity index (χ0) is 12.8. The first-order chi connectivity index (χ1) is 7.81. The average molecular weight is 277 g/mol. The van der Waals surface area contributed by atoms with E-state index in [2.05, 4.69) is 4.72 Å². The Labute approximate surface area is 102 Å². The quantitative estimate of drug-likeness (QED) is 0.627. The zero-order valence-electron chi connectivity index (χ0n) is 8.91. The first-order valence-corrected chi connectivity index (χ1v) is 7.17. The van der Waals surface area contributed by atoms with Crippen LogP contribution in [0.2, 0.25) is 0 Å². The van der Waals surface area contributed by atoms with Gasteiger partial charge in [0.2, 0.25) is 0 Å². The molecule has 0 amide bonds. The van der Waals surface area contributed by atoms with Crippen molar-refractivity contribution in [1.82, 2.24) is 4.72 Å². The zero-order valence-corrected chi connectivity index (χ0v) is 10.5. The topological polar surface area (TPSA) is 115 Å². The highest BCUT2D eigenvalue weighted by Crippen LogP contribution is 2.36. The molecule has 0 aliphatic heterocycles. The molecule has 94 valence electrons. The van der Waals surface area contributed by atoms with Crippen LogP contribution in [0.25, 0.3) is 0 Å². The highest BCUT2D eigenvalue weighted by molar-refractivity contribution is 7.91. The number of hydrogen-bond donors (Lipinski definition) is 2. The normalized spacial score (nSPS) is 23.6. The van der Waals surface area contributed by atoms with Crippen LogP contribution in [-0.2, 0) is 10.0 Å². The van der Waals surface area contributed by atoms with E-state index in [0.29, 0.717) is 17.3 Å². The van der Waals surface area contributed by atoms with E-state index in [1.54, 1.807) is 0 Å². The Morgan fingerprint density at radius 1 is 1.65 bits per heavy atom. The Morgan fingerprint density at radius 3 is 2.65 bits per heavy atom. The molecule has 2 rings (SSSR count). The fourth-order valence-electron chi connectivity index (χ4n) is 1.39. The summed E-state index contributed by atoms with van der Waals surface area (Å²) in [5, 5.41) is 10.5. The molecular formula is C8H11N3O4S2. The summed E-state index contributed by atoms with van der Waals surface area (Å²) in [5.41, 5.74) is 5.04. The van der Waals surface area contributed by atoms with Crippen molar-refractivity contribution >= 4 is 32.0 Å². The smallest absolute Gasteiger partial charge is 0.304 e. The van der Waals surface area contributed by atoms with Gasteiger partial charge in [0.1, 0.15) is 4.21 Å². The molecule has 9 heteroatoms. The number of nitrogens with two attached hydrogens (primary N) is 1. The molecule has 3 N–H and O–H groups in total. The Bertz CT molecular complexity index is 565. The van der Waals surface area contributed by atoms with Gasteiger partial charge in [-0.3, -0.25) is 10.1 Å².